The summed E-state index contributed by atoms with van der Waals surface area (Å²) in [7, 11) is 0. The topological polar surface area (TPSA) is 85.3 Å². The highest BCUT2D eigenvalue weighted by molar-refractivity contribution is 5.92. The summed E-state index contributed by atoms with van der Waals surface area (Å²) in [6.45, 7) is 3.69. The van der Waals surface area contributed by atoms with Gasteiger partial charge in [-0.1, -0.05) is 24.3 Å². The number of rotatable bonds is 4. The van der Waals surface area contributed by atoms with Crippen LogP contribution in [0.25, 0.3) is 0 Å². The second kappa shape index (κ2) is 6.40. The van der Waals surface area contributed by atoms with Crippen LogP contribution in [-0.2, 0) is 14.3 Å². The van der Waals surface area contributed by atoms with Crippen LogP contribution in [0.5, 0.6) is 0 Å². The molecule has 0 radical (unpaired) electrons. The molecule has 0 aromatic heterocycles. The minimum absolute atomic E-state index is 0.0543. The maximum Gasteiger partial charge on any atom is 0.338 e. The molecule has 2 aliphatic rings. The van der Waals surface area contributed by atoms with Crippen molar-refractivity contribution < 1.29 is 14.3 Å². The van der Waals surface area contributed by atoms with E-state index in [0.29, 0.717) is 17.3 Å². The van der Waals surface area contributed by atoms with Gasteiger partial charge in [-0.3, -0.25) is 0 Å². The molecule has 5 nitrogen and oxygen atoms in total. The van der Waals surface area contributed by atoms with Crippen LogP contribution in [0.15, 0.2) is 47.1 Å². The lowest BCUT2D eigenvalue weighted by molar-refractivity contribution is -0.139. The normalized spacial score (nSPS) is 20.5. The molecule has 2 N–H and O–H groups in total. The molecule has 1 aliphatic carbocycles. The van der Waals surface area contributed by atoms with E-state index in [0.717, 1.165) is 18.4 Å². The third kappa shape index (κ3) is 2.76. The van der Waals surface area contributed by atoms with Crippen LogP contribution in [-0.4, -0.2) is 12.6 Å². The van der Waals surface area contributed by atoms with Crippen molar-refractivity contribution in [1.82, 2.24) is 0 Å². The molecule has 5 heteroatoms. The van der Waals surface area contributed by atoms with Gasteiger partial charge in [-0.05, 0) is 43.7 Å². The van der Waals surface area contributed by atoms with Crippen molar-refractivity contribution in [1.29, 1.82) is 5.26 Å². The van der Waals surface area contributed by atoms with E-state index in [4.69, 9.17) is 15.2 Å². The van der Waals surface area contributed by atoms with Crippen LogP contribution in [0.4, 0.5) is 0 Å². The number of hydrogen-bond donors (Lipinski definition) is 1. The number of nitrogens with zero attached hydrogens (tertiary/aromatic N) is 1. The van der Waals surface area contributed by atoms with E-state index < -0.39 is 11.9 Å². The Balaban J connectivity index is 2.17. The lowest BCUT2D eigenvalue weighted by atomic mass is 9.80. The van der Waals surface area contributed by atoms with E-state index in [1.54, 1.807) is 13.8 Å². The Morgan fingerprint density at radius 2 is 2.04 bits per heavy atom. The predicted octanol–water partition coefficient (Wildman–Crippen LogP) is 3.21. The van der Waals surface area contributed by atoms with E-state index in [1.807, 2.05) is 18.2 Å². The van der Waals surface area contributed by atoms with Gasteiger partial charge in [0.15, 0.2) is 0 Å². The molecule has 0 saturated heterocycles. The highest BCUT2D eigenvalue weighted by atomic mass is 16.5. The number of carbonyl (C=O) groups excluding carboxylic acids is 1. The maximum absolute atomic E-state index is 12.5. The summed E-state index contributed by atoms with van der Waals surface area (Å²) < 4.78 is 10.6. The number of hydrogen-bond acceptors (Lipinski definition) is 5. The first-order chi connectivity index (χ1) is 11.6. The molecule has 1 aromatic rings. The zero-order chi connectivity index (χ0) is 17.3. The number of nitrogens with two attached hydrogens (primary N) is 1. The predicted molar refractivity (Wildman–Crippen MR) is 88.4 cm³/mol. The van der Waals surface area contributed by atoms with Crippen LogP contribution in [0.1, 0.15) is 49.7 Å². The minimum Gasteiger partial charge on any atom is -0.463 e. The summed E-state index contributed by atoms with van der Waals surface area (Å²) in [6.07, 6.45) is 2.25. The van der Waals surface area contributed by atoms with Crippen molar-refractivity contribution in [2.24, 2.45) is 5.73 Å². The molecule has 124 valence electrons. The summed E-state index contributed by atoms with van der Waals surface area (Å²) in [6, 6.07) is 10.0. The van der Waals surface area contributed by atoms with E-state index in [9.17, 15) is 10.1 Å². The number of benzene rings is 1. The third-order valence-electron chi connectivity index (χ3n) is 4.43. The first-order valence-corrected chi connectivity index (χ1v) is 8.12. The molecular weight excluding hydrogens is 304 g/mol. The van der Waals surface area contributed by atoms with E-state index in [-0.39, 0.29) is 18.1 Å². The largest absolute Gasteiger partial charge is 0.463 e. The van der Waals surface area contributed by atoms with Gasteiger partial charge in [-0.25, -0.2) is 4.79 Å². The second-order valence-electron chi connectivity index (χ2n) is 6.02. The average Bonchev–Trinajstić information content (AvgIpc) is 3.39. The summed E-state index contributed by atoms with van der Waals surface area (Å²) in [5, 5.41) is 9.61. The van der Waals surface area contributed by atoms with Gasteiger partial charge in [0.2, 0.25) is 5.88 Å². The Hall–Kier alpha value is -2.74. The molecular formula is C19H20N2O3. The second-order valence-corrected chi connectivity index (χ2v) is 6.02. The highest BCUT2D eigenvalue weighted by Crippen LogP contribution is 2.47. The molecule has 0 amide bonds. The molecule has 0 bridgehead atoms. The molecule has 1 unspecified atom stereocenters. The van der Waals surface area contributed by atoms with Gasteiger partial charge in [-0.2, -0.15) is 5.26 Å². The number of allylic oxidation sites excluding steroid dienone is 2. The summed E-state index contributed by atoms with van der Waals surface area (Å²) in [5.41, 5.74) is 8.65. The van der Waals surface area contributed by atoms with Gasteiger partial charge in [0.25, 0.3) is 0 Å². The average molecular weight is 324 g/mol. The Labute approximate surface area is 141 Å². The smallest absolute Gasteiger partial charge is 0.338 e. The van der Waals surface area contributed by atoms with Gasteiger partial charge in [0.05, 0.1) is 18.1 Å². The lowest BCUT2D eigenvalue weighted by Crippen LogP contribution is -2.26. The fourth-order valence-corrected chi connectivity index (χ4v) is 3.21. The Morgan fingerprint density at radius 1 is 1.38 bits per heavy atom. The monoisotopic (exact) mass is 324 g/mol. The molecule has 1 aromatic carbocycles. The SMILES string of the molecule is CCOC(=O)C1=C(C)OC(N)=C(C#N)C1c1ccccc1C1CC1. The van der Waals surface area contributed by atoms with Crippen molar-refractivity contribution in [2.45, 2.75) is 38.5 Å². The molecule has 0 spiro atoms. The number of ether oxygens (including phenoxy) is 2. The summed E-state index contributed by atoms with van der Waals surface area (Å²) in [4.78, 5) is 12.5. The minimum atomic E-state index is -0.542. The van der Waals surface area contributed by atoms with Crippen LogP contribution < -0.4 is 5.73 Å². The van der Waals surface area contributed by atoms with E-state index >= 15 is 0 Å². The number of carbonyl (C=O) groups is 1. The zero-order valence-electron chi connectivity index (χ0n) is 13.8. The third-order valence-corrected chi connectivity index (χ3v) is 4.43. The quantitative estimate of drug-likeness (QED) is 0.860. The van der Waals surface area contributed by atoms with Gasteiger partial charge in [-0.15, -0.1) is 0 Å². The van der Waals surface area contributed by atoms with Gasteiger partial charge in [0, 0.05) is 0 Å². The van der Waals surface area contributed by atoms with E-state index in [2.05, 4.69) is 12.1 Å². The number of nitriles is 1. The summed E-state index contributed by atoms with van der Waals surface area (Å²) in [5.74, 6) is -0.0846. The summed E-state index contributed by atoms with van der Waals surface area (Å²) >= 11 is 0. The first-order valence-electron chi connectivity index (χ1n) is 8.12. The molecule has 24 heavy (non-hydrogen) atoms. The Morgan fingerprint density at radius 3 is 2.62 bits per heavy atom. The zero-order valence-corrected chi connectivity index (χ0v) is 13.8. The Bertz CT molecular complexity index is 782. The lowest BCUT2D eigenvalue weighted by Gasteiger charge is -2.28. The van der Waals surface area contributed by atoms with Crippen LogP contribution in [0, 0.1) is 11.3 Å². The fourth-order valence-electron chi connectivity index (χ4n) is 3.21. The molecule has 1 fully saturated rings. The first kappa shape index (κ1) is 16.1. The highest BCUT2D eigenvalue weighted by Gasteiger charge is 2.39. The molecule has 3 rings (SSSR count). The molecule has 1 atom stereocenters. The van der Waals surface area contributed by atoms with Crippen molar-refractivity contribution in [3.63, 3.8) is 0 Å². The van der Waals surface area contributed by atoms with Gasteiger partial charge in [0.1, 0.15) is 17.4 Å². The molecule has 1 aliphatic heterocycles. The standard InChI is InChI=1S/C19H20N2O3/c1-3-23-19(22)16-11(2)24-18(21)15(10-20)17(16)14-7-5-4-6-13(14)12-8-9-12/h4-7,12,17H,3,8-9,21H2,1-2H3. The van der Waals surface area contributed by atoms with Crippen molar-refractivity contribution in [3.8, 4) is 6.07 Å². The molecule has 1 saturated carbocycles. The number of esters is 1. The van der Waals surface area contributed by atoms with E-state index in [1.165, 1.54) is 5.56 Å². The fraction of sp³-hybridized carbons (Fsp3) is 0.368. The molecule has 1 heterocycles. The van der Waals surface area contributed by atoms with Crippen LogP contribution in [0.2, 0.25) is 0 Å². The van der Waals surface area contributed by atoms with Gasteiger partial charge >= 0.3 is 5.97 Å². The van der Waals surface area contributed by atoms with Crippen molar-refractivity contribution in [2.75, 3.05) is 6.61 Å². The Kier molecular flexibility index (Phi) is 4.30. The van der Waals surface area contributed by atoms with Crippen LogP contribution in [0.3, 0.4) is 0 Å². The van der Waals surface area contributed by atoms with Crippen LogP contribution >= 0.6 is 0 Å². The maximum atomic E-state index is 12.5. The van der Waals surface area contributed by atoms with Gasteiger partial charge < -0.3 is 15.2 Å². The van der Waals surface area contributed by atoms with Crippen molar-refractivity contribution >= 4 is 5.97 Å². The van der Waals surface area contributed by atoms with Crippen molar-refractivity contribution in [3.05, 3.63) is 58.2 Å².